The molecule has 4 heteroatoms. The summed E-state index contributed by atoms with van der Waals surface area (Å²) < 4.78 is 2.23. The molecule has 0 spiro atoms. The van der Waals surface area contributed by atoms with Crippen LogP contribution in [0.3, 0.4) is 0 Å². The van der Waals surface area contributed by atoms with Crippen molar-refractivity contribution in [3.05, 3.63) is 24.3 Å². The lowest BCUT2D eigenvalue weighted by atomic mass is 10.1. The standard InChI is InChI=1S/C14H20N2OS/c1-4-16-12-8-6-5-7-11(12)15-13(16)18-10-9-14(2,3)17/h5-8,17H,4,9-10H2,1-3H3. The van der Waals surface area contributed by atoms with Crippen molar-refractivity contribution in [2.75, 3.05) is 5.75 Å². The quantitative estimate of drug-likeness (QED) is 0.842. The highest BCUT2D eigenvalue weighted by molar-refractivity contribution is 7.99. The normalized spacial score (nSPS) is 12.2. The molecular formula is C14H20N2OS. The summed E-state index contributed by atoms with van der Waals surface area (Å²) in [6.07, 6.45) is 0.768. The van der Waals surface area contributed by atoms with Crippen LogP contribution in [0.1, 0.15) is 27.2 Å². The third kappa shape index (κ3) is 3.06. The SMILES string of the molecule is CCn1c(SCCC(C)(C)O)nc2ccccc21. The topological polar surface area (TPSA) is 38.0 Å². The molecule has 1 aromatic carbocycles. The van der Waals surface area contributed by atoms with Gasteiger partial charge in [0.15, 0.2) is 5.16 Å². The molecule has 1 N–H and O–H groups in total. The van der Waals surface area contributed by atoms with E-state index in [0.717, 1.165) is 29.4 Å². The summed E-state index contributed by atoms with van der Waals surface area (Å²) in [5.74, 6) is 0.882. The molecule has 0 aliphatic rings. The minimum atomic E-state index is -0.601. The number of imidazole rings is 1. The lowest BCUT2D eigenvalue weighted by Gasteiger charge is -2.16. The average molecular weight is 264 g/mol. The highest BCUT2D eigenvalue weighted by Crippen LogP contribution is 2.25. The minimum Gasteiger partial charge on any atom is -0.390 e. The lowest BCUT2D eigenvalue weighted by Crippen LogP contribution is -2.19. The third-order valence-corrected chi connectivity index (χ3v) is 3.86. The first kappa shape index (κ1) is 13.4. The van der Waals surface area contributed by atoms with E-state index in [1.807, 2.05) is 32.0 Å². The molecule has 18 heavy (non-hydrogen) atoms. The van der Waals surface area contributed by atoms with Gasteiger partial charge in [-0.2, -0.15) is 0 Å². The number of hydrogen-bond acceptors (Lipinski definition) is 3. The molecule has 0 bridgehead atoms. The number of para-hydroxylation sites is 2. The lowest BCUT2D eigenvalue weighted by molar-refractivity contribution is 0.0777. The molecule has 2 aromatic rings. The van der Waals surface area contributed by atoms with Gasteiger partial charge in [-0.3, -0.25) is 0 Å². The number of aliphatic hydroxyl groups is 1. The molecule has 0 radical (unpaired) electrons. The van der Waals surface area contributed by atoms with E-state index in [4.69, 9.17) is 0 Å². The maximum absolute atomic E-state index is 9.72. The predicted molar refractivity (Wildman–Crippen MR) is 77.0 cm³/mol. The molecule has 1 heterocycles. The number of fused-ring (bicyclic) bond motifs is 1. The van der Waals surface area contributed by atoms with E-state index in [0.29, 0.717) is 0 Å². The molecular weight excluding hydrogens is 244 g/mol. The molecule has 1 aromatic heterocycles. The minimum absolute atomic E-state index is 0.601. The zero-order chi connectivity index (χ0) is 13.2. The second-order valence-electron chi connectivity index (χ2n) is 5.04. The summed E-state index contributed by atoms with van der Waals surface area (Å²) >= 11 is 1.72. The Morgan fingerprint density at radius 2 is 2.06 bits per heavy atom. The van der Waals surface area contributed by atoms with Crippen LogP contribution in [-0.4, -0.2) is 26.0 Å². The average Bonchev–Trinajstić information content (AvgIpc) is 2.64. The van der Waals surface area contributed by atoms with E-state index in [9.17, 15) is 5.11 Å². The van der Waals surface area contributed by atoms with Crippen LogP contribution in [-0.2, 0) is 6.54 Å². The molecule has 0 saturated carbocycles. The number of benzene rings is 1. The van der Waals surface area contributed by atoms with Crippen LogP contribution in [0, 0.1) is 0 Å². The molecule has 2 rings (SSSR count). The highest BCUT2D eigenvalue weighted by atomic mass is 32.2. The molecule has 0 fully saturated rings. The van der Waals surface area contributed by atoms with Crippen molar-refractivity contribution in [3.8, 4) is 0 Å². The fourth-order valence-corrected chi connectivity index (χ4v) is 3.19. The van der Waals surface area contributed by atoms with Crippen molar-refractivity contribution >= 4 is 22.8 Å². The molecule has 98 valence electrons. The number of aromatic nitrogens is 2. The van der Waals surface area contributed by atoms with Crippen molar-refractivity contribution < 1.29 is 5.11 Å². The molecule has 0 aliphatic carbocycles. The number of hydrogen-bond donors (Lipinski definition) is 1. The van der Waals surface area contributed by atoms with Crippen LogP contribution in [0.15, 0.2) is 29.4 Å². The van der Waals surface area contributed by atoms with Crippen LogP contribution >= 0.6 is 11.8 Å². The van der Waals surface area contributed by atoms with Gasteiger partial charge in [-0.25, -0.2) is 4.98 Å². The van der Waals surface area contributed by atoms with Crippen LogP contribution in [0.5, 0.6) is 0 Å². The van der Waals surface area contributed by atoms with Gasteiger partial charge >= 0.3 is 0 Å². The monoisotopic (exact) mass is 264 g/mol. The Balaban J connectivity index is 2.17. The number of thioether (sulfide) groups is 1. The summed E-state index contributed by atoms with van der Waals surface area (Å²) in [7, 11) is 0. The van der Waals surface area contributed by atoms with Gasteiger partial charge < -0.3 is 9.67 Å². The number of rotatable bonds is 5. The second kappa shape index (κ2) is 5.33. The van der Waals surface area contributed by atoms with Crippen LogP contribution in [0.25, 0.3) is 11.0 Å². The Morgan fingerprint density at radius 1 is 1.33 bits per heavy atom. The van der Waals surface area contributed by atoms with Gasteiger partial charge in [0.05, 0.1) is 16.6 Å². The van der Waals surface area contributed by atoms with Gasteiger partial charge in [-0.05, 0) is 39.3 Å². The Kier molecular flexibility index (Phi) is 3.97. The highest BCUT2D eigenvalue weighted by Gasteiger charge is 2.14. The Hall–Kier alpha value is -1.00. The fraction of sp³-hybridized carbons (Fsp3) is 0.500. The first-order chi connectivity index (χ1) is 8.51. The summed E-state index contributed by atoms with van der Waals surface area (Å²) in [6.45, 7) is 6.74. The molecule has 0 unspecified atom stereocenters. The molecule has 0 amide bonds. The number of aryl methyl sites for hydroxylation is 1. The van der Waals surface area contributed by atoms with E-state index in [1.54, 1.807) is 11.8 Å². The Morgan fingerprint density at radius 3 is 2.72 bits per heavy atom. The molecule has 0 aliphatic heterocycles. The van der Waals surface area contributed by atoms with Crippen molar-refractivity contribution in [2.24, 2.45) is 0 Å². The van der Waals surface area contributed by atoms with Gasteiger partial charge in [0.1, 0.15) is 0 Å². The number of nitrogens with zero attached hydrogens (tertiary/aromatic N) is 2. The van der Waals surface area contributed by atoms with Gasteiger partial charge in [0.2, 0.25) is 0 Å². The van der Waals surface area contributed by atoms with E-state index >= 15 is 0 Å². The van der Waals surface area contributed by atoms with Gasteiger partial charge in [-0.15, -0.1) is 0 Å². The van der Waals surface area contributed by atoms with Crippen molar-refractivity contribution in [2.45, 2.75) is 44.5 Å². The third-order valence-electron chi connectivity index (χ3n) is 2.88. The van der Waals surface area contributed by atoms with Gasteiger partial charge in [0.25, 0.3) is 0 Å². The summed E-state index contributed by atoms with van der Waals surface area (Å²) in [6, 6.07) is 8.20. The maximum Gasteiger partial charge on any atom is 0.169 e. The Labute approximate surface area is 112 Å². The molecule has 0 saturated heterocycles. The van der Waals surface area contributed by atoms with E-state index in [2.05, 4.69) is 22.5 Å². The maximum atomic E-state index is 9.72. The van der Waals surface area contributed by atoms with Crippen molar-refractivity contribution in [1.82, 2.24) is 9.55 Å². The molecule has 3 nitrogen and oxygen atoms in total. The first-order valence-corrected chi connectivity index (χ1v) is 7.30. The van der Waals surface area contributed by atoms with E-state index in [-0.39, 0.29) is 0 Å². The van der Waals surface area contributed by atoms with Crippen molar-refractivity contribution in [3.63, 3.8) is 0 Å². The summed E-state index contributed by atoms with van der Waals surface area (Å²) in [5, 5.41) is 10.8. The molecule has 0 atom stereocenters. The summed E-state index contributed by atoms with van der Waals surface area (Å²) in [5.41, 5.74) is 1.63. The first-order valence-electron chi connectivity index (χ1n) is 6.32. The smallest absolute Gasteiger partial charge is 0.169 e. The zero-order valence-electron chi connectivity index (χ0n) is 11.2. The van der Waals surface area contributed by atoms with Gasteiger partial charge in [0, 0.05) is 12.3 Å². The second-order valence-corrected chi connectivity index (χ2v) is 6.10. The van der Waals surface area contributed by atoms with E-state index in [1.165, 1.54) is 5.52 Å². The van der Waals surface area contributed by atoms with Crippen LogP contribution in [0.2, 0.25) is 0 Å². The van der Waals surface area contributed by atoms with Crippen molar-refractivity contribution in [1.29, 1.82) is 0 Å². The predicted octanol–water partition coefficient (Wildman–Crippen LogP) is 3.31. The van der Waals surface area contributed by atoms with E-state index < -0.39 is 5.60 Å². The fourth-order valence-electron chi connectivity index (χ4n) is 1.86. The van der Waals surface area contributed by atoms with Crippen LogP contribution in [0.4, 0.5) is 0 Å². The largest absolute Gasteiger partial charge is 0.390 e. The van der Waals surface area contributed by atoms with Crippen LogP contribution < -0.4 is 0 Å². The summed E-state index contributed by atoms with van der Waals surface area (Å²) in [4.78, 5) is 4.65. The zero-order valence-corrected chi connectivity index (χ0v) is 12.0. The Bertz CT molecular complexity index is 528. The van der Waals surface area contributed by atoms with Gasteiger partial charge in [-0.1, -0.05) is 23.9 Å².